The van der Waals surface area contributed by atoms with E-state index in [1.54, 1.807) is 6.20 Å². The summed E-state index contributed by atoms with van der Waals surface area (Å²) in [6.07, 6.45) is 3.85. The molecule has 0 aliphatic carbocycles. The number of nitrogens with one attached hydrogen (secondary N) is 1. The van der Waals surface area contributed by atoms with E-state index >= 15 is 0 Å². The third-order valence-electron chi connectivity index (χ3n) is 3.17. The first-order valence-electron chi connectivity index (χ1n) is 7.72. The van der Waals surface area contributed by atoms with Gasteiger partial charge < -0.3 is 15.1 Å². The Hall–Kier alpha value is -1.62. The summed E-state index contributed by atoms with van der Waals surface area (Å²) in [5.41, 5.74) is 0.616. The molecule has 0 radical (unpaired) electrons. The van der Waals surface area contributed by atoms with Crippen molar-refractivity contribution >= 4 is 11.7 Å². The summed E-state index contributed by atoms with van der Waals surface area (Å²) in [5.74, 6) is 0.886. The molecule has 0 fully saturated rings. The number of carbonyl (C=O) groups excluding carboxylic acids is 1. The van der Waals surface area contributed by atoms with Gasteiger partial charge in [0, 0.05) is 32.4 Å². The van der Waals surface area contributed by atoms with Crippen LogP contribution in [0.1, 0.15) is 37.0 Å². The highest BCUT2D eigenvalue weighted by Crippen LogP contribution is 2.12. The van der Waals surface area contributed by atoms with Gasteiger partial charge in [0.05, 0.1) is 5.56 Å². The molecule has 1 N–H and O–H groups in total. The summed E-state index contributed by atoms with van der Waals surface area (Å²) in [7, 11) is 3.97. The summed E-state index contributed by atoms with van der Waals surface area (Å²) in [5, 5.41) is 2.90. The first kappa shape index (κ1) is 17.4. The van der Waals surface area contributed by atoms with Crippen LogP contribution in [0, 0.1) is 0 Å². The molecule has 1 aromatic heterocycles. The number of amides is 1. The zero-order chi connectivity index (χ0) is 15.7. The lowest BCUT2D eigenvalue weighted by Gasteiger charge is -2.22. The summed E-state index contributed by atoms with van der Waals surface area (Å²) < 4.78 is 0. The molecular weight excluding hydrogens is 264 g/mol. The predicted octanol–water partition coefficient (Wildman–Crippen LogP) is 2.00. The Kier molecular flexibility index (Phi) is 7.75. The zero-order valence-corrected chi connectivity index (χ0v) is 13.7. The quantitative estimate of drug-likeness (QED) is 0.756. The van der Waals surface area contributed by atoms with Crippen molar-refractivity contribution in [3.05, 3.63) is 23.9 Å². The Morgan fingerprint density at radius 2 is 1.81 bits per heavy atom. The van der Waals surface area contributed by atoms with Crippen molar-refractivity contribution in [2.24, 2.45) is 0 Å². The van der Waals surface area contributed by atoms with Crippen molar-refractivity contribution in [3.63, 3.8) is 0 Å². The summed E-state index contributed by atoms with van der Waals surface area (Å²) in [4.78, 5) is 20.7. The van der Waals surface area contributed by atoms with Gasteiger partial charge in [0.1, 0.15) is 5.82 Å². The number of anilines is 1. The van der Waals surface area contributed by atoms with Crippen LogP contribution in [0.4, 0.5) is 5.82 Å². The molecule has 5 heteroatoms. The lowest BCUT2D eigenvalue weighted by atomic mass is 10.2. The second kappa shape index (κ2) is 9.34. The molecule has 1 heterocycles. The Morgan fingerprint density at radius 3 is 2.29 bits per heavy atom. The normalized spacial score (nSPS) is 10.7. The molecule has 0 aliphatic heterocycles. The average molecular weight is 292 g/mol. The highest BCUT2D eigenvalue weighted by atomic mass is 16.1. The van der Waals surface area contributed by atoms with Crippen molar-refractivity contribution < 1.29 is 4.79 Å². The van der Waals surface area contributed by atoms with E-state index in [2.05, 4.69) is 29.0 Å². The van der Waals surface area contributed by atoms with Gasteiger partial charge in [-0.2, -0.15) is 0 Å². The van der Waals surface area contributed by atoms with Gasteiger partial charge in [-0.25, -0.2) is 4.98 Å². The van der Waals surface area contributed by atoms with Crippen LogP contribution in [0.3, 0.4) is 0 Å². The van der Waals surface area contributed by atoms with Crippen molar-refractivity contribution in [2.45, 2.75) is 26.7 Å². The average Bonchev–Trinajstić information content (AvgIpc) is 2.47. The molecule has 0 unspecified atom stereocenters. The Balaban J connectivity index is 2.61. The molecule has 1 aromatic rings. The van der Waals surface area contributed by atoms with Gasteiger partial charge in [-0.3, -0.25) is 4.79 Å². The molecule has 0 bridgehead atoms. The highest BCUT2D eigenvalue weighted by molar-refractivity contribution is 5.94. The molecule has 0 saturated heterocycles. The molecule has 118 valence electrons. The van der Waals surface area contributed by atoms with Gasteiger partial charge in [0.15, 0.2) is 0 Å². The fourth-order valence-electron chi connectivity index (χ4n) is 2.08. The van der Waals surface area contributed by atoms with Gasteiger partial charge in [-0.05, 0) is 39.1 Å². The molecule has 0 saturated carbocycles. The number of nitrogens with zero attached hydrogens (tertiary/aromatic N) is 3. The number of pyridine rings is 1. The maximum absolute atomic E-state index is 12.0. The van der Waals surface area contributed by atoms with Gasteiger partial charge in [0.25, 0.3) is 5.91 Å². The largest absolute Gasteiger partial charge is 0.357 e. The molecule has 0 aliphatic rings. The maximum atomic E-state index is 12.0. The van der Waals surface area contributed by atoms with E-state index < -0.39 is 0 Å². The summed E-state index contributed by atoms with van der Waals surface area (Å²) in [6, 6.07) is 3.79. The van der Waals surface area contributed by atoms with Crippen LogP contribution in [0.2, 0.25) is 0 Å². The van der Waals surface area contributed by atoms with Gasteiger partial charge >= 0.3 is 0 Å². The minimum atomic E-state index is -0.0616. The van der Waals surface area contributed by atoms with E-state index in [1.807, 2.05) is 31.1 Å². The minimum absolute atomic E-state index is 0.0616. The number of hydrogen-bond acceptors (Lipinski definition) is 4. The number of likely N-dealkylation sites (N-methyl/N-ethyl adjacent to an activating group) is 1. The Bertz CT molecular complexity index is 411. The van der Waals surface area contributed by atoms with E-state index in [-0.39, 0.29) is 5.91 Å². The van der Waals surface area contributed by atoms with E-state index in [4.69, 9.17) is 0 Å². The fourth-order valence-corrected chi connectivity index (χ4v) is 2.08. The van der Waals surface area contributed by atoms with Crippen molar-refractivity contribution in [2.75, 3.05) is 45.2 Å². The molecule has 1 rings (SSSR count). The predicted molar refractivity (Wildman–Crippen MR) is 87.9 cm³/mol. The van der Waals surface area contributed by atoms with Gasteiger partial charge in [-0.1, -0.05) is 13.8 Å². The first-order valence-corrected chi connectivity index (χ1v) is 7.72. The third-order valence-corrected chi connectivity index (χ3v) is 3.17. The molecule has 0 aromatic carbocycles. The second-order valence-electron chi connectivity index (χ2n) is 5.45. The Labute approximate surface area is 128 Å². The van der Waals surface area contributed by atoms with Crippen LogP contribution in [0.5, 0.6) is 0 Å². The monoisotopic (exact) mass is 292 g/mol. The smallest absolute Gasteiger partial charge is 0.252 e. The topological polar surface area (TPSA) is 48.5 Å². The van der Waals surface area contributed by atoms with E-state index in [9.17, 15) is 4.79 Å². The van der Waals surface area contributed by atoms with Crippen LogP contribution in [-0.2, 0) is 0 Å². The Morgan fingerprint density at radius 1 is 1.14 bits per heavy atom. The zero-order valence-electron chi connectivity index (χ0n) is 13.7. The molecule has 0 atom stereocenters. The summed E-state index contributed by atoms with van der Waals surface area (Å²) >= 11 is 0. The van der Waals surface area contributed by atoms with Crippen molar-refractivity contribution in [1.29, 1.82) is 0 Å². The number of carbonyl (C=O) groups is 1. The van der Waals surface area contributed by atoms with E-state index in [0.29, 0.717) is 12.1 Å². The third kappa shape index (κ3) is 6.12. The van der Waals surface area contributed by atoms with Crippen LogP contribution in [0.25, 0.3) is 0 Å². The van der Waals surface area contributed by atoms with Crippen LogP contribution in [-0.4, -0.2) is 56.1 Å². The van der Waals surface area contributed by atoms with Crippen LogP contribution < -0.4 is 10.2 Å². The lowest BCUT2D eigenvalue weighted by Crippen LogP contribution is -2.31. The van der Waals surface area contributed by atoms with Crippen LogP contribution >= 0.6 is 0 Å². The summed E-state index contributed by atoms with van der Waals surface area (Å²) in [6.45, 7) is 7.79. The minimum Gasteiger partial charge on any atom is -0.357 e. The first-order chi connectivity index (χ1) is 10.1. The molecule has 21 heavy (non-hydrogen) atoms. The van der Waals surface area contributed by atoms with Crippen LogP contribution in [0.15, 0.2) is 18.3 Å². The second-order valence-corrected chi connectivity index (χ2v) is 5.45. The van der Waals surface area contributed by atoms with Gasteiger partial charge in [0.2, 0.25) is 0 Å². The SMILES string of the molecule is CCCN(CCC)c1ccc(C(=O)NCCN(C)C)cn1. The standard InChI is InChI=1S/C16H28N4O/c1-5-10-20(11-6-2)15-8-7-14(13-18-15)16(21)17-9-12-19(3)4/h7-8,13H,5-6,9-12H2,1-4H3,(H,17,21). The van der Waals surface area contributed by atoms with Crippen molar-refractivity contribution in [3.8, 4) is 0 Å². The molecule has 1 amide bonds. The highest BCUT2D eigenvalue weighted by Gasteiger charge is 2.09. The van der Waals surface area contributed by atoms with Gasteiger partial charge in [-0.15, -0.1) is 0 Å². The number of aromatic nitrogens is 1. The number of rotatable bonds is 9. The maximum Gasteiger partial charge on any atom is 0.252 e. The number of hydrogen-bond donors (Lipinski definition) is 1. The van der Waals surface area contributed by atoms with E-state index in [1.165, 1.54) is 0 Å². The van der Waals surface area contributed by atoms with E-state index in [0.717, 1.165) is 38.3 Å². The molecule has 5 nitrogen and oxygen atoms in total. The molecular formula is C16H28N4O. The lowest BCUT2D eigenvalue weighted by molar-refractivity contribution is 0.0950. The fraction of sp³-hybridized carbons (Fsp3) is 0.625. The van der Waals surface area contributed by atoms with Crippen molar-refractivity contribution in [1.82, 2.24) is 15.2 Å². The molecule has 0 spiro atoms.